The van der Waals surface area contributed by atoms with Gasteiger partial charge in [-0.2, -0.15) is 0 Å². The predicted octanol–water partition coefficient (Wildman–Crippen LogP) is 1.27. The van der Waals surface area contributed by atoms with Crippen LogP contribution >= 0.6 is 0 Å². The van der Waals surface area contributed by atoms with Gasteiger partial charge in [-0.3, -0.25) is 9.59 Å². The van der Waals surface area contributed by atoms with Gasteiger partial charge in [0.1, 0.15) is 11.8 Å². The maximum Gasteiger partial charge on any atom is 0.242 e. The Hall–Kier alpha value is -2.04. The minimum absolute atomic E-state index is 0.161. The number of ether oxygens (including phenoxy) is 1. The van der Waals surface area contributed by atoms with E-state index in [1.807, 2.05) is 25.1 Å². The Kier molecular flexibility index (Phi) is 6.56. The molecule has 20 heavy (non-hydrogen) atoms. The molecule has 0 bridgehead atoms. The lowest BCUT2D eigenvalue weighted by Crippen LogP contribution is -2.45. The first-order chi connectivity index (χ1) is 9.56. The smallest absolute Gasteiger partial charge is 0.242 e. The molecule has 0 radical (unpaired) electrons. The van der Waals surface area contributed by atoms with E-state index in [1.165, 1.54) is 0 Å². The second kappa shape index (κ2) is 8.19. The van der Waals surface area contributed by atoms with Crippen LogP contribution in [0.25, 0.3) is 0 Å². The number of amides is 2. The van der Waals surface area contributed by atoms with E-state index >= 15 is 0 Å². The Morgan fingerprint density at radius 3 is 2.75 bits per heavy atom. The Balaban J connectivity index is 2.48. The highest BCUT2D eigenvalue weighted by molar-refractivity contribution is 5.88. The Labute approximate surface area is 119 Å². The van der Waals surface area contributed by atoms with Gasteiger partial charge in [-0.1, -0.05) is 19.1 Å². The van der Waals surface area contributed by atoms with E-state index in [0.717, 1.165) is 12.0 Å². The highest BCUT2D eigenvalue weighted by Crippen LogP contribution is 2.12. The first-order valence-corrected chi connectivity index (χ1v) is 6.76. The molecule has 5 nitrogen and oxygen atoms in total. The van der Waals surface area contributed by atoms with Gasteiger partial charge in [0.2, 0.25) is 11.8 Å². The fourth-order valence-electron chi connectivity index (χ4n) is 1.73. The lowest BCUT2D eigenvalue weighted by atomic mass is 10.1. The van der Waals surface area contributed by atoms with Gasteiger partial charge in [0.25, 0.3) is 0 Å². The number of carbonyl (C=O) groups is 2. The van der Waals surface area contributed by atoms with Gasteiger partial charge in [-0.25, -0.2) is 0 Å². The van der Waals surface area contributed by atoms with Crippen LogP contribution in [-0.4, -0.2) is 31.5 Å². The average molecular weight is 278 g/mol. The summed E-state index contributed by atoms with van der Waals surface area (Å²) in [7, 11) is 1.58. The van der Waals surface area contributed by atoms with Gasteiger partial charge in [0.05, 0.1) is 13.5 Å². The molecule has 0 aliphatic carbocycles. The highest BCUT2D eigenvalue weighted by atomic mass is 16.5. The normalized spacial score (nSPS) is 11.6. The monoisotopic (exact) mass is 278 g/mol. The molecule has 5 heteroatoms. The third kappa shape index (κ3) is 5.30. The molecule has 2 N–H and O–H groups in total. The third-order valence-corrected chi connectivity index (χ3v) is 2.82. The quantitative estimate of drug-likeness (QED) is 0.789. The Morgan fingerprint density at radius 1 is 1.35 bits per heavy atom. The van der Waals surface area contributed by atoms with Crippen LogP contribution in [0.15, 0.2) is 24.3 Å². The lowest BCUT2D eigenvalue weighted by Gasteiger charge is -2.14. The van der Waals surface area contributed by atoms with Gasteiger partial charge in [-0.15, -0.1) is 0 Å². The summed E-state index contributed by atoms with van der Waals surface area (Å²) in [5, 5.41) is 5.43. The van der Waals surface area contributed by atoms with Crippen molar-refractivity contribution < 1.29 is 14.3 Å². The maximum atomic E-state index is 11.9. The zero-order valence-corrected chi connectivity index (χ0v) is 12.2. The number of hydrogen-bond donors (Lipinski definition) is 2. The number of benzene rings is 1. The van der Waals surface area contributed by atoms with E-state index in [1.54, 1.807) is 20.1 Å². The minimum atomic E-state index is -0.528. The topological polar surface area (TPSA) is 67.4 Å². The molecule has 1 aromatic rings. The van der Waals surface area contributed by atoms with Crippen LogP contribution < -0.4 is 15.4 Å². The molecule has 1 aromatic carbocycles. The van der Waals surface area contributed by atoms with E-state index in [2.05, 4.69) is 10.6 Å². The first-order valence-electron chi connectivity index (χ1n) is 6.76. The van der Waals surface area contributed by atoms with Crippen LogP contribution in [-0.2, 0) is 16.0 Å². The van der Waals surface area contributed by atoms with Crippen molar-refractivity contribution in [3.8, 4) is 5.75 Å². The number of methoxy groups -OCH3 is 1. The van der Waals surface area contributed by atoms with Gasteiger partial charge < -0.3 is 15.4 Å². The van der Waals surface area contributed by atoms with Crippen molar-refractivity contribution in [1.29, 1.82) is 0 Å². The van der Waals surface area contributed by atoms with Crippen molar-refractivity contribution in [2.24, 2.45) is 0 Å². The fourth-order valence-corrected chi connectivity index (χ4v) is 1.73. The second-order valence-corrected chi connectivity index (χ2v) is 4.61. The highest BCUT2D eigenvalue weighted by Gasteiger charge is 2.15. The van der Waals surface area contributed by atoms with Gasteiger partial charge in [0.15, 0.2) is 0 Å². The van der Waals surface area contributed by atoms with Crippen LogP contribution in [0.1, 0.15) is 25.8 Å². The van der Waals surface area contributed by atoms with Crippen molar-refractivity contribution in [3.63, 3.8) is 0 Å². The summed E-state index contributed by atoms with van der Waals surface area (Å²) in [5.74, 6) is 0.368. The molecule has 0 heterocycles. The number of hydrogen-bond acceptors (Lipinski definition) is 3. The zero-order valence-electron chi connectivity index (χ0n) is 12.2. The summed E-state index contributed by atoms with van der Waals surface area (Å²) in [6.07, 6.45) is 1.10. The summed E-state index contributed by atoms with van der Waals surface area (Å²) in [6.45, 7) is 4.27. The molecule has 1 atom stereocenters. The molecule has 0 aliphatic rings. The summed E-state index contributed by atoms with van der Waals surface area (Å²) in [6, 6.07) is 6.78. The molecule has 0 aromatic heterocycles. The van der Waals surface area contributed by atoms with Crippen molar-refractivity contribution in [2.45, 2.75) is 32.7 Å². The average Bonchev–Trinajstić information content (AvgIpc) is 2.44. The van der Waals surface area contributed by atoms with Crippen LogP contribution in [0.2, 0.25) is 0 Å². The minimum Gasteiger partial charge on any atom is -0.497 e. The van der Waals surface area contributed by atoms with E-state index in [9.17, 15) is 9.59 Å². The van der Waals surface area contributed by atoms with Crippen LogP contribution in [0.3, 0.4) is 0 Å². The van der Waals surface area contributed by atoms with E-state index in [4.69, 9.17) is 4.74 Å². The molecule has 0 unspecified atom stereocenters. The van der Waals surface area contributed by atoms with E-state index in [0.29, 0.717) is 12.3 Å². The Morgan fingerprint density at radius 2 is 2.10 bits per heavy atom. The fraction of sp³-hybridized carbons (Fsp3) is 0.467. The predicted molar refractivity (Wildman–Crippen MR) is 77.6 cm³/mol. The molecule has 2 amide bonds. The van der Waals surface area contributed by atoms with Crippen molar-refractivity contribution in [2.75, 3.05) is 13.7 Å². The zero-order chi connectivity index (χ0) is 15.0. The van der Waals surface area contributed by atoms with E-state index in [-0.39, 0.29) is 18.2 Å². The maximum absolute atomic E-state index is 11.9. The van der Waals surface area contributed by atoms with Crippen LogP contribution in [0.5, 0.6) is 5.75 Å². The molecule has 0 saturated heterocycles. The van der Waals surface area contributed by atoms with Crippen LogP contribution in [0.4, 0.5) is 0 Å². The van der Waals surface area contributed by atoms with Gasteiger partial charge in [-0.05, 0) is 31.0 Å². The summed E-state index contributed by atoms with van der Waals surface area (Å²) < 4.78 is 5.10. The molecular weight excluding hydrogens is 256 g/mol. The third-order valence-electron chi connectivity index (χ3n) is 2.82. The molecular formula is C15H22N2O3. The molecule has 0 spiro atoms. The molecule has 0 aliphatic heterocycles. The van der Waals surface area contributed by atoms with Crippen LogP contribution in [0, 0.1) is 0 Å². The summed E-state index contributed by atoms with van der Waals surface area (Å²) in [4.78, 5) is 23.5. The second-order valence-electron chi connectivity index (χ2n) is 4.61. The standard InChI is InChI=1S/C15H22N2O3/c1-4-8-16-15(19)11(2)17-14(18)10-12-6-5-7-13(9-12)20-3/h5-7,9,11H,4,8,10H2,1-3H3,(H,16,19)(H,17,18)/t11-/m1/s1. The molecule has 0 fully saturated rings. The molecule has 1 rings (SSSR count). The largest absolute Gasteiger partial charge is 0.497 e. The SMILES string of the molecule is CCCNC(=O)[C@@H](C)NC(=O)Cc1cccc(OC)c1. The number of nitrogens with one attached hydrogen (secondary N) is 2. The van der Waals surface area contributed by atoms with Crippen molar-refractivity contribution >= 4 is 11.8 Å². The van der Waals surface area contributed by atoms with Gasteiger partial charge >= 0.3 is 0 Å². The first kappa shape index (κ1) is 16.0. The molecule has 0 saturated carbocycles. The Bertz CT molecular complexity index is 460. The van der Waals surface area contributed by atoms with Crippen molar-refractivity contribution in [3.05, 3.63) is 29.8 Å². The van der Waals surface area contributed by atoms with E-state index < -0.39 is 6.04 Å². The summed E-state index contributed by atoms with van der Waals surface area (Å²) in [5.41, 5.74) is 0.850. The number of rotatable bonds is 7. The van der Waals surface area contributed by atoms with Gasteiger partial charge in [0, 0.05) is 6.54 Å². The van der Waals surface area contributed by atoms with Crippen molar-refractivity contribution in [1.82, 2.24) is 10.6 Å². The number of carbonyl (C=O) groups excluding carboxylic acids is 2. The summed E-state index contributed by atoms with van der Waals surface area (Å²) >= 11 is 0. The lowest BCUT2D eigenvalue weighted by molar-refractivity contribution is -0.128. The molecule has 110 valence electrons.